The van der Waals surface area contributed by atoms with Gasteiger partial charge in [-0.1, -0.05) is 103 Å². The van der Waals surface area contributed by atoms with Crippen molar-refractivity contribution < 1.29 is 75.8 Å². The Bertz CT molecular complexity index is 3070. The molecule has 5 fully saturated rings. The largest absolute Gasteiger partial charge is 0.417 e. The van der Waals surface area contributed by atoms with E-state index in [0.29, 0.717) is 45.2 Å². The summed E-state index contributed by atoms with van der Waals surface area (Å²) < 4.78 is 41.3. The Balaban J connectivity index is 1.35. The smallest absolute Gasteiger partial charge is 0.391 e. The number of aliphatic hydroxyl groups is 1. The monoisotopic (exact) mass is 1440 g/mol. The first-order chi connectivity index (χ1) is 47.6. The highest BCUT2D eigenvalue weighted by Crippen LogP contribution is 2.36. The number of likely N-dealkylation sites (N-methyl/N-ethyl adjacent to an activating group) is 7. The van der Waals surface area contributed by atoms with E-state index in [1.807, 2.05) is 20.8 Å². The van der Waals surface area contributed by atoms with Crippen LogP contribution in [0.3, 0.4) is 0 Å². The van der Waals surface area contributed by atoms with Crippen molar-refractivity contribution in [2.45, 2.75) is 230 Å². The van der Waals surface area contributed by atoms with E-state index in [2.05, 4.69) is 16.0 Å². The van der Waals surface area contributed by atoms with Gasteiger partial charge in [0.1, 0.15) is 42.3 Å². The Hall–Kier alpha value is -7.10. The number of carbonyl (C=O) groups excluding carboxylic acids is 12. The molecule has 5 aliphatic rings. The van der Waals surface area contributed by atoms with Gasteiger partial charge in [0.05, 0.1) is 42.7 Å². The molecule has 3 heterocycles. The summed E-state index contributed by atoms with van der Waals surface area (Å²) in [5.74, 6) is -8.50. The lowest BCUT2D eigenvalue weighted by Crippen LogP contribution is -2.60. The molecule has 0 spiro atoms. The SMILES string of the molecule is CC[C@H](C)[C@@H]1NC(=O)[C@H](CC(C)C)N(C)C(=O)C[C@@H](C(=O)N2CCCCC2)N(C)C(=O)[C@H](C2CCCCC2)N(C)C(=O)CCCCNC(=O)[C@@H]2C[C@H](O)CN2C(=O)[C@H](CCc2ccc(C(F)(F)F)c(Cl)c2)NC(=O)CN(C)C(=O)[C@H](CC2CCCCC2)N(C)C(=O)CN(C)C(=O)CN(C)C1=O. The zero-order valence-corrected chi connectivity index (χ0v) is 62.0. The number of fused-ring (bicyclic) bond motifs is 1. The molecule has 9 atom stereocenters. The van der Waals surface area contributed by atoms with Crippen molar-refractivity contribution in [2.75, 3.05) is 95.1 Å². The Morgan fingerprint density at radius 1 is 0.644 bits per heavy atom. The normalized spacial score (nSPS) is 26.7. The molecule has 0 bridgehead atoms. The molecule has 2 aliphatic carbocycles. The molecule has 566 valence electrons. The predicted molar refractivity (Wildman–Crippen MR) is 372 cm³/mol. The lowest BCUT2D eigenvalue weighted by molar-refractivity contribution is -0.155. The van der Waals surface area contributed by atoms with E-state index < -0.39 is 162 Å². The predicted octanol–water partition coefficient (Wildman–Crippen LogP) is 5.25. The van der Waals surface area contributed by atoms with Crippen molar-refractivity contribution in [3.05, 3.63) is 34.3 Å². The maximum absolute atomic E-state index is 15.3. The van der Waals surface area contributed by atoms with Crippen molar-refractivity contribution in [1.29, 1.82) is 0 Å². The van der Waals surface area contributed by atoms with Crippen LogP contribution >= 0.6 is 11.6 Å². The molecule has 3 aliphatic heterocycles. The number of piperidine rings is 1. The zero-order valence-electron chi connectivity index (χ0n) is 61.3. The summed E-state index contributed by atoms with van der Waals surface area (Å²) >= 11 is 6.10. The Morgan fingerprint density at radius 2 is 1.25 bits per heavy atom. The molecule has 1 aromatic rings. The van der Waals surface area contributed by atoms with Crippen LogP contribution in [-0.4, -0.2) is 264 Å². The molecule has 3 saturated heterocycles. The lowest BCUT2D eigenvalue weighted by atomic mass is 9.82. The fraction of sp³-hybridized carbons (Fsp3) is 0.750. The van der Waals surface area contributed by atoms with Gasteiger partial charge >= 0.3 is 6.18 Å². The third-order valence-corrected chi connectivity index (χ3v) is 21.7. The number of nitrogens with one attached hydrogen (secondary N) is 3. The Kier molecular flexibility index (Phi) is 31.5. The molecule has 101 heavy (non-hydrogen) atoms. The van der Waals surface area contributed by atoms with Crippen LogP contribution in [0.1, 0.15) is 180 Å². The lowest BCUT2D eigenvalue weighted by Gasteiger charge is -2.41. The minimum absolute atomic E-state index is 0.00673. The zero-order chi connectivity index (χ0) is 74.7. The molecule has 1 aromatic carbocycles. The third kappa shape index (κ3) is 22.9. The molecule has 25 nitrogen and oxygen atoms in total. The summed E-state index contributed by atoms with van der Waals surface area (Å²) in [6.07, 6.45) is 4.50. The van der Waals surface area contributed by atoms with Gasteiger partial charge in [0, 0.05) is 88.4 Å². The molecule has 12 amide bonds. The molecular formula is C72H112ClF3N12O13. The van der Waals surface area contributed by atoms with Gasteiger partial charge in [-0.3, -0.25) is 57.5 Å². The Labute approximate surface area is 599 Å². The number of benzene rings is 1. The van der Waals surface area contributed by atoms with E-state index >= 15 is 4.79 Å². The molecule has 29 heteroatoms. The highest BCUT2D eigenvalue weighted by molar-refractivity contribution is 6.31. The number of amides is 12. The quantitative estimate of drug-likeness (QED) is 0.220. The minimum atomic E-state index is -4.76. The standard InChI is InChI=1S/C72H112ClF3N12O13/c1-12-46(4)63-70(100)82(7)43-61(93)80(5)44-62(94)84(9)56(38-47-24-16-13-17-25-47)68(98)81(6)42-58(90)78-53(32-30-48-29-31-51(52(73)37-48)72(74,75)76)67(97)88-41-50(89)39-55(88)65(95)77-33-21-20-28-59(91)86(11)64(49-26-18-14-19-27-49)71(101)85(10)57(69(99)87-34-22-15-23-35-87)40-60(92)83(8)54(36-45(2)3)66(96)79-63/h29,31,37,45-47,49-50,53-57,63-64,89H,12-28,30,32-36,38-44H2,1-11H3,(H,77,95)(H,78,90)(H,79,96)/t46-,50-,53-,54-,55-,56-,57-,63-,64-/m0/s1. The van der Waals surface area contributed by atoms with Crippen molar-refractivity contribution >= 4 is 82.5 Å². The summed E-state index contributed by atoms with van der Waals surface area (Å²) in [5.41, 5.74) is -0.807. The first-order valence-electron chi connectivity index (χ1n) is 36.4. The maximum Gasteiger partial charge on any atom is 0.417 e. The number of carbonyl (C=O) groups is 12. The number of hydrogen-bond donors (Lipinski definition) is 4. The van der Waals surface area contributed by atoms with E-state index in [1.54, 1.807) is 18.9 Å². The van der Waals surface area contributed by atoms with Gasteiger partial charge in [0.25, 0.3) is 0 Å². The minimum Gasteiger partial charge on any atom is -0.391 e. The fourth-order valence-electron chi connectivity index (χ4n) is 14.8. The second kappa shape index (κ2) is 38.4. The highest BCUT2D eigenvalue weighted by Gasteiger charge is 2.46. The van der Waals surface area contributed by atoms with Crippen molar-refractivity contribution in [3.63, 3.8) is 0 Å². The van der Waals surface area contributed by atoms with Crippen molar-refractivity contribution in [2.24, 2.45) is 23.7 Å². The van der Waals surface area contributed by atoms with Crippen LogP contribution < -0.4 is 16.0 Å². The van der Waals surface area contributed by atoms with Crippen molar-refractivity contribution in [3.8, 4) is 0 Å². The summed E-state index contributed by atoms with van der Waals surface area (Å²) in [6, 6.07) is -5.53. The van der Waals surface area contributed by atoms with Gasteiger partial charge < -0.3 is 65.2 Å². The second-order valence-electron chi connectivity index (χ2n) is 29.4. The number of alkyl halides is 3. The number of hydrogen-bond acceptors (Lipinski definition) is 13. The summed E-state index contributed by atoms with van der Waals surface area (Å²) in [7, 11) is 9.99. The first-order valence-corrected chi connectivity index (χ1v) is 36.8. The highest BCUT2D eigenvalue weighted by atomic mass is 35.5. The van der Waals surface area contributed by atoms with Crippen LogP contribution in [0.5, 0.6) is 0 Å². The summed E-state index contributed by atoms with van der Waals surface area (Å²) in [4.78, 5) is 187. The van der Waals surface area contributed by atoms with Gasteiger partial charge in [0.15, 0.2) is 0 Å². The average molecular weight is 1450 g/mol. The molecule has 4 N–H and O–H groups in total. The second-order valence-corrected chi connectivity index (χ2v) is 29.8. The summed E-state index contributed by atoms with van der Waals surface area (Å²) in [6.45, 7) is 6.08. The van der Waals surface area contributed by atoms with Crippen LogP contribution in [0.15, 0.2) is 18.2 Å². The molecule has 0 aromatic heterocycles. The molecule has 6 rings (SSSR count). The van der Waals surface area contributed by atoms with E-state index in [1.165, 1.54) is 68.0 Å². The van der Waals surface area contributed by atoms with Gasteiger partial charge in [0.2, 0.25) is 70.9 Å². The van der Waals surface area contributed by atoms with Gasteiger partial charge in [-0.2, -0.15) is 13.2 Å². The summed E-state index contributed by atoms with van der Waals surface area (Å²) in [5, 5.41) is 18.9. The topological polar surface area (TPSA) is 290 Å². The molecular weight excluding hydrogens is 1330 g/mol. The number of aryl methyl sites for hydroxylation is 1. The average Bonchev–Trinajstić information content (AvgIpc) is 1.63. The number of rotatable bonds is 11. The van der Waals surface area contributed by atoms with E-state index in [9.17, 15) is 71.0 Å². The van der Waals surface area contributed by atoms with E-state index in [4.69, 9.17) is 11.6 Å². The molecule has 0 unspecified atom stereocenters. The molecule has 2 saturated carbocycles. The number of aliphatic hydroxyl groups excluding tert-OH is 1. The van der Waals surface area contributed by atoms with E-state index in [-0.39, 0.29) is 93.7 Å². The first kappa shape index (κ1) is 82.9. The molecule has 0 radical (unpaired) electrons. The van der Waals surface area contributed by atoms with Crippen LogP contribution in [0.2, 0.25) is 5.02 Å². The number of halogens is 4. The third-order valence-electron chi connectivity index (χ3n) is 21.3. The van der Waals surface area contributed by atoms with Gasteiger partial charge in [-0.15, -0.1) is 0 Å². The van der Waals surface area contributed by atoms with Crippen LogP contribution in [0.4, 0.5) is 13.2 Å². The van der Waals surface area contributed by atoms with Crippen LogP contribution in [0.25, 0.3) is 0 Å². The fourth-order valence-corrected chi connectivity index (χ4v) is 15.1. The van der Waals surface area contributed by atoms with Gasteiger partial charge in [-0.05, 0) is 112 Å². The number of nitrogens with zero attached hydrogens (tertiary/aromatic N) is 9. The van der Waals surface area contributed by atoms with Gasteiger partial charge in [-0.25, -0.2) is 0 Å². The van der Waals surface area contributed by atoms with Crippen molar-refractivity contribution in [1.82, 2.24) is 60.0 Å². The van der Waals surface area contributed by atoms with Crippen LogP contribution in [-0.2, 0) is 70.1 Å². The number of likely N-dealkylation sites (tertiary alicyclic amines) is 1. The van der Waals surface area contributed by atoms with E-state index in [0.717, 1.165) is 89.5 Å². The Morgan fingerprint density at radius 3 is 1.86 bits per heavy atom. The van der Waals surface area contributed by atoms with Crippen LogP contribution in [0, 0.1) is 23.7 Å². The maximum atomic E-state index is 15.3.